The molecule has 28 heavy (non-hydrogen) atoms. The van der Waals surface area contributed by atoms with E-state index in [2.05, 4.69) is 20.6 Å². The minimum absolute atomic E-state index is 0.126. The van der Waals surface area contributed by atoms with Crippen LogP contribution in [0.25, 0.3) is 0 Å². The van der Waals surface area contributed by atoms with Gasteiger partial charge in [0.1, 0.15) is 11.4 Å². The molecule has 6 nitrogen and oxygen atoms in total. The number of carbonyl (C=O) groups is 2. The molecule has 0 spiro atoms. The van der Waals surface area contributed by atoms with Gasteiger partial charge in [-0.1, -0.05) is 29.8 Å². The fourth-order valence-corrected chi connectivity index (χ4v) is 3.07. The van der Waals surface area contributed by atoms with Gasteiger partial charge in [-0.05, 0) is 55.3 Å². The van der Waals surface area contributed by atoms with Crippen molar-refractivity contribution in [2.45, 2.75) is 20.4 Å². The van der Waals surface area contributed by atoms with E-state index in [1.165, 1.54) is 0 Å². The van der Waals surface area contributed by atoms with Crippen LogP contribution in [0, 0.1) is 13.8 Å². The molecule has 0 unspecified atom stereocenters. The molecule has 0 atom stereocenters. The van der Waals surface area contributed by atoms with Gasteiger partial charge in [0.15, 0.2) is 0 Å². The number of pyridine rings is 2. The Bertz CT molecular complexity index is 999. The van der Waals surface area contributed by atoms with E-state index in [0.717, 1.165) is 16.8 Å². The molecule has 2 N–H and O–H groups in total. The number of halogens is 1. The maximum atomic E-state index is 12.6. The van der Waals surface area contributed by atoms with E-state index >= 15 is 0 Å². The van der Waals surface area contributed by atoms with Gasteiger partial charge in [0.25, 0.3) is 11.8 Å². The predicted molar refractivity (Wildman–Crippen MR) is 109 cm³/mol. The van der Waals surface area contributed by atoms with Crippen LogP contribution in [0.4, 0.5) is 5.69 Å². The van der Waals surface area contributed by atoms with Crippen molar-refractivity contribution in [3.8, 4) is 0 Å². The topological polar surface area (TPSA) is 84.0 Å². The van der Waals surface area contributed by atoms with Gasteiger partial charge in [-0.2, -0.15) is 0 Å². The largest absolute Gasteiger partial charge is 0.345 e. The lowest BCUT2D eigenvalue weighted by atomic mass is 10.1. The molecule has 2 heterocycles. The summed E-state index contributed by atoms with van der Waals surface area (Å²) in [5, 5.41) is 5.96. The highest BCUT2D eigenvalue weighted by Gasteiger charge is 2.15. The first-order valence-electron chi connectivity index (χ1n) is 8.67. The number of hydrogen-bond donors (Lipinski definition) is 2. The van der Waals surface area contributed by atoms with Gasteiger partial charge < -0.3 is 10.6 Å². The van der Waals surface area contributed by atoms with Gasteiger partial charge in [0.05, 0.1) is 22.9 Å². The maximum absolute atomic E-state index is 12.6. The first-order valence-corrected chi connectivity index (χ1v) is 9.05. The Hall–Kier alpha value is -3.25. The molecule has 1 aromatic carbocycles. The average Bonchev–Trinajstić information content (AvgIpc) is 2.69. The van der Waals surface area contributed by atoms with E-state index in [0.29, 0.717) is 10.7 Å². The molecule has 2 aromatic heterocycles. The zero-order chi connectivity index (χ0) is 20.1. The van der Waals surface area contributed by atoms with Crippen molar-refractivity contribution < 1.29 is 9.59 Å². The quantitative estimate of drug-likeness (QED) is 0.686. The highest BCUT2D eigenvalue weighted by Crippen LogP contribution is 2.27. The summed E-state index contributed by atoms with van der Waals surface area (Å²) in [5.74, 6) is -0.821. The number of aromatic nitrogens is 2. The summed E-state index contributed by atoms with van der Waals surface area (Å²) in [7, 11) is 0. The number of amides is 2. The van der Waals surface area contributed by atoms with Crippen LogP contribution < -0.4 is 10.6 Å². The second-order valence-corrected chi connectivity index (χ2v) is 6.71. The Kier molecular flexibility index (Phi) is 6.01. The molecule has 7 heteroatoms. The van der Waals surface area contributed by atoms with Gasteiger partial charge >= 0.3 is 0 Å². The second-order valence-electron chi connectivity index (χ2n) is 6.30. The molecule has 0 aliphatic rings. The lowest BCUT2D eigenvalue weighted by Gasteiger charge is -2.12. The fourth-order valence-electron chi connectivity index (χ4n) is 2.70. The smallest absolute Gasteiger partial charge is 0.274 e. The zero-order valence-electron chi connectivity index (χ0n) is 15.5. The number of hydrogen-bond acceptors (Lipinski definition) is 4. The van der Waals surface area contributed by atoms with Gasteiger partial charge in [-0.3, -0.25) is 14.6 Å². The van der Waals surface area contributed by atoms with Gasteiger partial charge in [0.2, 0.25) is 0 Å². The number of rotatable bonds is 5. The van der Waals surface area contributed by atoms with Crippen molar-refractivity contribution in [3.63, 3.8) is 0 Å². The van der Waals surface area contributed by atoms with Gasteiger partial charge in [0, 0.05) is 6.20 Å². The molecule has 0 radical (unpaired) electrons. The SMILES string of the molecule is Cc1cc(C)c(NC(=O)c2cccc(C(=O)NCc3ccccn3)n2)c(Cl)c1. The van der Waals surface area contributed by atoms with Crippen LogP contribution in [0.3, 0.4) is 0 Å². The number of carbonyl (C=O) groups excluding carboxylic acids is 2. The lowest BCUT2D eigenvalue weighted by molar-refractivity contribution is 0.0945. The molecular formula is C21H19ClN4O2. The third-order valence-corrected chi connectivity index (χ3v) is 4.34. The summed E-state index contributed by atoms with van der Waals surface area (Å²) in [5.41, 5.74) is 3.39. The van der Waals surface area contributed by atoms with Crippen molar-refractivity contribution in [2.24, 2.45) is 0 Å². The zero-order valence-corrected chi connectivity index (χ0v) is 16.2. The van der Waals surface area contributed by atoms with E-state index in [1.807, 2.05) is 32.0 Å². The first kappa shape index (κ1) is 19.5. The molecule has 0 saturated heterocycles. The second kappa shape index (κ2) is 8.63. The van der Waals surface area contributed by atoms with Crippen LogP contribution in [0.2, 0.25) is 5.02 Å². The molecule has 0 aliphatic carbocycles. The van der Waals surface area contributed by atoms with Gasteiger partial charge in [-0.15, -0.1) is 0 Å². The van der Waals surface area contributed by atoms with Crippen LogP contribution in [0.5, 0.6) is 0 Å². The van der Waals surface area contributed by atoms with Crippen molar-refractivity contribution in [2.75, 3.05) is 5.32 Å². The van der Waals surface area contributed by atoms with E-state index in [-0.39, 0.29) is 23.8 Å². The lowest BCUT2D eigenvalue weighted by Crippen LogP contribution is -2.25. The average molecular weight is 395 g/mol. The Morgan fingerprint density at radius 3 is 2.43 bits per heavy atom. The van der Waals surface area contributed by atoms with E-state index in [4.69, 9.17) is 11.6 Å². The summed E-state index contributed by atoms with van der Waals surface area (Å²) in [6.07, 6.45) is 1.66. The summed E-state index contributed by atoms with van der Waals surface area (Å²) < 4.78 is 0. The summed E-state index contributed by atoms with van der Waals surface area (Å²) in [6.45, 7) is 4.07. The maximum Gasteiger partial charge on any atom is 0.274 e. The monoisotopic (exact) mass is 394 g/mol. The van der Waals surface area contributed by atoms with Crippen LogP contribution in [0.1, 0.15) is 37.8 Å². The summed E-state index contributed by atoms with van der Waals surface area (Å²) in [6, 6.07) is 13.9. The van der Waals surface area contributed by atoms with E-state index in [9.17, 15) is 9.59 Å². The van der Waals surface area contributed by atoms with Crippen molar-refractivity contribution in [1.29, 1.82) is 0 Å². The first-order chi connectivity index (χ1) is 13.4. The van der Waals surface area contributed by atoms with Crippen molar-refractivity contribution in [1.82, 2.24) is 15.3 Å². The Labute approximate surface area is 168 Å². The normalized spacial score (nSPS) is 10.4. The molecule has 3 rings (SSSR count). The third-order valence-electron chi connectivity index (χ3n) is 4.04. The molecule has 0 fully saturated rings. The molecule has 0 saturated carbocycles. The standard InChI is InChI=1S/C21H19ClN4O2/c1-13-10-14(2)19(16(22)11-13)26-21(28)18-8-5-7-17(25-18)20(27)24-12-15-6-3-4-9-23-15/h3-11H,12H2,1-2H3,(H,24,27)(H,26,28). The van der Waals surface area contributed by atoms with E-state index in [1.54, 1.807) is 36.5 Å². The van der Waals surface area contributed by atoms with Crippen molar-refractivity contribution >= 4 is 29.1 Å². The predicted octanol–water partition coefficient (Wildman–Crippen LogP) is 3.93. The highest BCUT2D eigenvalue weighted by atomic mass is 35.5. The van der Waals surface area contributed by atoms with Crippen LogP contribution in [0.15, 0.2) is 54.7 Å². The third kappa shape index (κ3) is 4.72. The summed E-state index contributed by atoms with van der Waals surface area (Å²) >= 11 is 6.24. The Morgan fingerprint density at radius 2 is 1.75 bits per heavy atom. The van der Waals surface area contributed by atoms with Gasteiger partial charge in [-0.25, -0.2) is 4.98 Å². The van der Waals surface area contributed by atoms with Crippen LogP contribution in [-0.2, 0) is 6.54 Å². The number of nitrogens with zero attached hydrogens (tertiary/aromatic N) is 2. The minimum atomic E-state index is -0.437. The molecule has 142 valence electrons. The minimum Gasteiger partial charge on any atom is -0.345 e. The molecule has 0 bridgehead atoms. The van der Waals surface area contributed by atoms with Crippen LogP contribution >= 0.6 is 11.6 Å². The molecule has 3 aromatic rings. The number of nitrogens with one attached hydrogen (secondary N) is 2. The number of benzene rings is 1. The molecular weight excluding hydrogens is 376 g/mol. The molecule has 2 amide bonds. The molecule has 0 aliphatic heterocycles. The van der Waals surface area contributed by atoms with Crippen molar-refractivity contribution in [3.05, 3.63) is 88.0 Å². The number of aryl methyl sites for hydroxylation is 2. The Balaban J connectivity index is 1.72. The Morgan fingerprint density at radius 1 is 1.00 bits per heavy atom. The summed E-state index contributed by atoms with van der Waals surface area (Å²) in [4.78, 5) is 33.2. The fraction of sp³-hybridized carbons (Fsp3) is 0.143. The number of anilines is 1. The highest BCUT2D eigenvalue weighted by molar-refractivity contribution is 6.34. The van der Waals surface area contributed by atoms with E-state index < -0.39 is 5.91 Å². The van der Waals surface area contributed by atoms with Crippen LogP contribution in [-0.4, -0.2) is 21.8 Å².